The first kappa shape index (κ1) is 13.2. The number of nitrogens with two attached hydrogens (primary N) is 1. The van der Waals surface area contributed by atoms with Crippen molar-refractivity contribution >= 4 is 6.21 Å². The van der Waals surface area contributed by atoms with Gasteiger partial charge in [0.15, 0.2) is 0 Å². The molecule has 82 valence electrons. The lowest BCUT2D eigenvalue weighted by atomic mass is 9.88. The molecule has 2 N–H and O–H groups in total. The van der Waals surface area contributed by atoms with Gasteiger partial charge in [0.1, 0.15) is 6.23 Å². The van der Waals surface area contributed by atoms with E-state index in [-0.39, 0.29) is 11.6 Å². The molecule has 0 aromatic carbocycles. The van der Waals surface area contributed by atoms with E-state index in [4.69, 9.17) is 10.5 Å². The standard InChI is InChI=1S/C11H22N2O/c1-6-10(14-5)13-8-9(7-12)11(2,3)4/h7-8,10H,6,12H2,1-5H3/b9-7+,13-8?. The maximum absolute atomic E-state index is 5.53. The number of nitrogens with zero attached hydrogens (tertiary/aromatic N) is 1. The fourth-order valence-electron chi connectivity index (χ4n) is 0.983. The van der Waals surface area contributed by atoms with Crippen LogP contribution in [0.15, 0.2) is 16.8 Å². The van der Waals surface area contributed by atoms with Gasteiger partial charge in [-0.2, -0.15) is 0 Å². The van der Waals surface area contributed by atoms with Gasteiger partial charge < -0.3 is 10.5 Å². The number of allylic oxidation sites excluding steroid dienone is 1. The van der Waals surface area contributed by atoms with Gasteiger partial charge in [0, 0.05) is 13.3 Å². The van der Waals surface area contributed by atoms with E-state index in [2.05, 4.69) is 25.8 Å². The normalized spacial score (nSPS) is 16.2. The Hall–Kier alpha value is -0.830. The Bertz CT molecular complexity index is 210. The highest BCUT2D eigenvalue weighted by atomic mass is 16.5. The number of rotatable bonds is 4. The Morgan fingerprint density at radius 1 is 1.50 bits per heavy atom. The van der Waals surface area contributed by atoms with Gasteiger partial charge in [0.05, 0.1) is 0 Å². The van der Waals surface area contributed by atoms with E-state index < -0.39 is 0 Å². The van der Waals surface area contributed by atoms with Crippen LogP contribution in [0.3, 0.4) is 0 Å². The summed E-state index contributed by atoms with van der Waals surface area (Å²) in [7, 11) is 1.66. The van der Waals surface area contributed by atoms with Crippen LogP contribution in [0.25, 0.3) is 0 Å². The molecule has 0 spiro atoms. The number of hydrogen-bond acceptors (Lipinski definition) is 3. The van der Waals surface area contributed by atoms with Gasteiger partial charge in [0.2, 0.25) is 0 Å². The van der Waals surface area contributed by atoms with Crippen molar-refractivity contribution in [3.63, 3.8) is 0 Å². The zero-order valence-electron chi connectivity index (χ0n) is 9.87. The maximum Gasteiger partial charge on any atom is 0.147 e. The number of aliphatic imine (C=N–C) groups is 1. The predicted molar refractivity (Wildman–Crippen MR) is 61.3 cm³/mol. The third kappa shape index (κ3) is 4.42. The van der Waals surface area contributed by atoms with Crippen molar-refractivity contribution in [1.82, 2.24) is 0 Å². The van der Waals surface area contributed by atoms with Gasteiger partial charge in [-0.05, 0) is 23.6 Å². The molecule has 0 aliphatic rings. The molecule has 0 saturated carbocycles. The number of methoxy groups -OCH3 is 1. The van der Waals surface area contributed by atoms with Gasteiger partial charge in [-0.15, -0.1) is 0 Å². The predicted octanol–water partition coefficient (Wildman–Crippen LogP) is 2.33. The minimum atomic E-state index is -0.0627. The van der Waals surface area contributed by atoms with E-state index in [0.29, 0.717) is 0 Å². The van der Waals surface area contributed by atoms with Crippen molar-refractivity contribution in [1.29, 1.82) is 0 Å². The molecule has 0 bridgehead atoms. The van der Waals surface area contributed by atoms with Crippen molar-refractivity contribution in [2.45, 2.75) is 40.3 Å². The van der Waals surface area contributed by atoms with E-state index in [1.165, 1.54) is 0 Å². The lowest BCUT2D eigenvalue weighted by molar-refractivity contribution is 0.108. The van der Waals surface area contributed by atoms with Crippen molar-refractivity contribution in [3.05, 3.63) is 11.8 Å². The number of ether oxygens (including phenoxy) is 1. The third-order valence-corrected chi connectivity index (χ3v) is 2.05. The first-order chi connectivity index (χ1) is 6.45. The first-order valence-corrected chi connectivity index (χ1v) is 4.94. The van der Waals surface area contributed by atoms with Crippen LogP contribution in [0.5, 0.6) is 0 Å². The second-order valence-electron chi connectivity index (χ2n) is 4.25. The molecule has 14 heavy (non-hydrogen) atoms. The van der Waals surface area contributed by atoms with Crippen molar-refractivity contribution < 1.29 is 4.74 Å². The second kappa shape index (κ2) is 5.81. The van der Waals surface area contributed by atoms with E-state index >= 15 is 0 Å². The zero-order chi connectivity index (χ0) is 11.2. The molecule has 0 rings (SSSR count). The van der Waals surface area contributed by atoms with Crippen LogP contribution in [0.2, 0.25) is 0 Å². The molecule has 0 radical (unpaired) electrons. The summed E-state index contributed by atoms with van der Waals surface area (Å²) in [6, 6.07) is 0. The summed E-state index contributed by atoms with van der Waals surface area (Å²) >= 11 is 0. The monoisotopic (exact) mass is 198 g/mol. The maximum atomic E-state index is 5.53. The Labute approximate surface area is 87.0 Å². The van der Waals surface area contributed by atoms with Crippen LogP contribution in [-0.2, 0) is 4.74 Å². The molecular formula is C11H22N2O. The molecule has 0 aliphatic heterocycles. The van der Waals surface area contributed by atoms with Crippen LogP contribution in [0, 0.1) is 5.41 Å². The topological polar surface area (TPSA) is 47.6 Å². The molecule has 0 heterocycles. The summed E-state index contributed by atoms with van der Waals surface area (Å²) in [6.45, 7) is 8.34. The Balaban J connectivity index is 4.48. The molecule has 3 heteroatoms. The SMILES string of the molecule is CCC(N=C/C(=C\N)C(C)(C)C)OC. The van der Waals surface area contributed by atoms with Gasteiger partial charge in [0.25, 0.3) is 0 Å². The van der Waals surface area contributed by atoms with Crippen LogP contribution in [0.4, 0.5) is 0 Å². The summed E-state index contributed by atoms with van der Waals surface area (Å²) in [5.74, 6) is 0. The molecule has 0 aromatic rings. The highest BCUT2D eigenvalue weighted by molar-refractivity contribution is 5.80. The molecule has 0 saturated heterocycles. The lowest BCUT2D eigenvalue weighted by Gasteiger charge is -2.19. The lowest BCUT2D eigenvalue weighted by Crippen LogP contribution is -2.14. The Morgan fingerprint density at radius 2 is 2.07 bits per heavy atom. The van der Waals surface area contributed by atoms with E-state index in [9.17, 15) is 0 Å². The van der Waals surface area contributed by atoms with E-state index in [1.807, 2.05) is 6.92 Å². The molecular weight excluding hydrogens is 176 g/mol. The quantitative estimate of drug-likeness (QED) is 0.705. The molecule has 0 aromatic heterocycles. The summed E-state index contributed by atoms with van der Waals surface area (Å²) < 4.78 is 5.14. The van der Waals surface area contributed by atoms with Crippen LogP contribution >= 0.6 is 0 Å². The summed E-state index contributed by atoms with van der Waals surface area (Å²) in [5, 5.41) is 0. The highest BCUT2D eigenvalue weighted by Gasteiger charge is 2.14. The molecule has 0 fully saturated rings. The smallest absolute Gasteiger partial charge is 0.147 e. The molecule has 0 aliphatic carbocycles. The fourth-order valence-corrected chi connectivity index (χ4v) is 0.983. The Kier molecular flexibility index (Phi) is 5.46. The minimum absolute atomic E-state index is 0.0320. The van der Waals surface area contributed by atoms with Crippen molar-refractivity contribution in [2.24, 2.45) is 16.1 Å². The average molecular weight is 198 g/mol. The molecule has 0 amide bonds. The fraction of sp³-hybridized carbons (Fsp3) is 0.727. The molecule has 3 nitrogen and oxygen atoms in total. The second-order valence-corrected chi connectivity index (χ2v) is 4.25. The van der Waals surface area contributed by atoms with Crippen LogP contribution < -0.4 is 5.73 Å². The summed E-state index contributed by atoms with van der Waals surface area (Å²) in [4.78, 5) is 4.30. The van der Waals surface area contributed by atoms with Gasteiger partial charge >= 0.3 is 0 Å². The summed E-state index contributed by atoms with van der Waals surface area (Å²) in [6.07, 6.45) is 4.21. The molecule has 1 atom stereocenters. The van der Waals surface area contributed by atoms with Gasteiger partial charge in [-0.1, -0.05) is 27.7 Å². The average Bonchev–Trinajstić information content (AvgIpc) is 2.10. The van der Waals surface area contributed by atoms with Crippen LogP contribution in [0.1, 0.15) is 34.1 Å². The highest BCUT2D eigenvalue weighted by Crippen LogP contribution is 2.22. The first-order valence-electron chi connectivity index (χ1n) is 4.94. The Morgan fingerprint density at radius 3 is 2.36 bits per heavy atom. The zero-order valence-corrected chi connectivity index (χ0v) is 9.87. The minimum Gasteiger partial charge on any atom is -0.404 e. The van der Waals surface area contributed by atoms with Crippen molar-refractivity contribution in [2.75, 3.05) is 7.11 Å². The van der Waals surface area contributed by atoms with E-state index in [0.717, 1.165) is 12.0 Å². The third-order valence-electron chi connectivity index (χ3n) is 2.05. The van der Waals surface area contributed by atoms with Crippen molar-refractivity contribution in [3.8, 4) is 0 Å². The molecule has 1 unspecified atom stereocenters. The number of hydrogen-bond donors (Lipinski definition) is 1. The largest absolute Gasteiger partial charge is 0.404 e. The van der Waals surface area contributed by atoms with Gasteiger partial charge in [-0.3, -0.25) is 4.99 Å². The van der Waals surface area contributed by atoms with Gasteiger partial charge in [-0.25, -0.2) is 0 Å². The van der Waals surface area contributed by atoms with Crippen LogP contribution in [-0.4, -0.2) is 19.6 Å². The van der Waals surface area contributed by atoms with E-state index in [1.54, 1.807) is 19.5 Å². The summed E-state index contributed by atoms with van der Waals surface area (Å²) in [5.41, 5.74) is 6.59.